The molecule has 0 saturated carbocycles. The second-order valence-corrected chi connectivity index (χ2v) is 5.66. The lowest BCUT2D eigenvalue weighted by atomic mass is 10.4. The molecule has 0 radical (unpaired) electrons. The van der Waals surface area contributed by atoms with Gasteiger partial charge in [0.25, 0.3) is 0 Å². The molecule has 0 saturated heterocycles. The Morgan fingerprint density at radius 2 is 2.25 bits per heavy atom. The van der Waals surface area contributed by atoms with Crippen molar-refractivity contribution in [2.24, 2.45) is 12.2 Å². The molecule has 108 valence electrons. The Bertz CT molecular complexity index is 703. The molecule has 0 aliphatic heterocycles. The SMILES string of the molecule is Cn1cc(S(N)(=O)=O)c(NC(=O)CCn2cccn2)n1. The van der Waals surface area contributed by atoms with Crippen LogP contribution in [0.2, 0.25) is 0 Å². The first-order valence-electron chi connectivity index (χ1n) is 5.70. The van der Waals surface area contributed by atoms with Gasteiger partial charge in [-0.2, -0.15) is 10.2 Å². The molecule has 2 heterocycles. The third-order valence-corrected chi connectivity index (χ3v) is 3.40. The lowest BCUT2D eigenvalue weighted by molar-refractivity contribution is -0.116. The van der Waals surface area contributed by atoms with Crippen LogP contribution in [0.25, 0.3) is 0 Å². The highest BCUT2D eigenvalue weighted by atomic mass is 32.2. The first-order valence-corrected chi connectivity index (χ1v) is 7.24. The van der Waals surface area contributed by atoms with Crippen molar-refractivity contribution in [2.75, 3.05) is 5.32 Å². The number of amides is 1. The second kappa shape index (κ2) is 5.43. The van der Waals surface area contributed by atoms with Gasteiger partial charge in [-0.25, -0.2) is 13.6 Å². The number of carbonyl (C=O) groups excluding carboxylic acids is 1. The number of nitrogens with zero attached hydrogens (tertiary/aromatic N) is 4. The molecule has 9 nitrogen and oxygen atoms in total. The van der Waals surface area contributed by atoms with Crippen LogP contribution in [-0.4, -0.2) is 33.9 Å². The standard InChI is InChI=1S/C10H14N6O3S/c1-15-7-8(20(11,18)19)10(14-15)13-9(17)3-6-16-5-2-4-12-16/h2,4-5,7H,3,6H2,1H3,(H2,11,18,19)(H,13,14,17). The first-order chi connectivity index (χ1) is 9.36. The molecule has 20 heavy (non-hydrogen) atoms. The largest absolute Gasteiger partial charge is 0.308 e. The van der Waals surface area contributed by atoms with Gasteiger partial charge in [-0.3, -0.25) is 14.2 Å². The summed E-state index contributed by atoms with van der Waals surface area (Å²) in [4.78, 5) is 11.5. The average Bonchev–Trinajstić information content (AvgIpc) is 2.95. The van der Waals surface area contributed by atoms with E-state index in [2.05, 4.69) is 15.5 Å². The summed E-state index contributed by atoms with van der Waals surface area (Å²) < 4.78 is 25.6. The van der Waals surface area contributed by atoms with E-state index in [1.165, 1.54) is 17.9 Å². The maximum Gasteiger partial charge on any atom is 0.243 e. The fraction of sp³-hybridized carbons (Fsp3) is 0.300. The molecular weight excluding hydrogens is 284 g/mol. The van der Waals surface area contributed by atoms with E-state index < -0.39 is 10.0 Å². The highest BCUT2D eigenvalue weighted by molar-refractivity contribution is 7.89. The number of hydrogen-bond donors (Lipinski definition) is 2. The van der Waals surface area contributed by atoms with Gasteiger partial charge in [0.2, 0.25) is 15.9 Å². The Balaban J connectivity index is 2.04. The van der Waals surface area contributed by atoms with Gasteiger partial charge < -0.3 is 5.32 Å². The molecular formula is C10H14N6O3S. The fourth-order valence-corrected chi connectivity index (χ4v) is 2.27. The Hall–Kier alpha value is -2.20. The summed E-state index contributed by atoms with van der Waals surface area (Å²) in [5.74, 6) is -0.440. The predicted octanol–water partition coefficient (Wildman–Crippen LogP) is -0.707. The molecule has 0 aliphatic carbocycles. The molecule has 0 aliphatic rings. The number of aryl methyl sites for hydroxylation is 2. The van der Waals surface area contributed by atoms with Crippen molar-refractivity contribution in [2.45, 2.75) is 17.9 Å². The minimum atomic E-state index is -3.93. The van der Waals surface area contributed by atoms with Crippen LogP contribution in [0.1, 0.15) is 6.42 Å². The van der Waals surface area contributed by atoms with Gasteiger partial charge in [0.1, 0.15) is 4.90 Å². The number of nitrogens with one attached hydrogen (secondary N) is 1. The van der Waals surface area contributed by atoms with Gasteiger partial charge in [-0.1, -0.05) is 0 Å². The number of nitrogens with two attached hydrogens (primary N) is 1. The molecule has 0 atom stereocenters. The number of primary sulfonamides is 1. The van der Waals surface area contributed by atoms with Gasteiger partial charge in [-0.05, 0) is 6.07 Å². The zero-order chi connectivity index (χ0) is 14.8. The third-order valence-electron chi connectivity index (χ3n) is 2.49. The van der Waals surface area contributed by atoms with Crippen LogP contribution < -0.4 is 10.5 Å². The van der Waals surface area contributed by atoms with Crippen LogP contribution >= 0.6 is 0 Å². The van der Waals surface area contributed by atoms with Crippen LogP contribution in [0.5, 0.6) is 0 Å². The molecule has 3 N–H and O–H groups in total. The number of anilines is 1. The topological polar surface area (TPSA) is 125 Å². The summed E-state index contributed by atoms with van der Waals surface area (Å²) in [5.41, 5.74) is 0. The summed E-state index contributed by atoms with van der Waals surface area (Å²) in [6, 6.07) is 1.75. The molecule has 0 aromatic carbocycles. The van der Waals surface area contributed by atoms with E-state index in [-0.39, 0.29) is 23.0 Å². The number of carbonyl (C=O) groups is 1. The zero-order valence-electron chi connectivity index (χ0n) is 10.7. The van der Waals surface area contributed by atoms with Crippen molar-refractivity contribution in [1.82, 2.24) is 19.6 Å². The van der Waals surface area contributed by atoms with Gasteiger partial charge in [0, 0.05) is 38.6 Å². The van der Waals surface area contributed by atoms with Crippen LogP contribution in [0.4, 0.5) is 5.82 Å². The van der Waals surface area contributed by atoms with Gasteiger partial charge >= 0.3 is 0 Å². The molecule has 1 amide bonds. The predicted molar refractivity (Wildman–Crippen MR) is 70.1 cm³/mol. The molecule has 0 unspecified atom stereocenters. The lowest BCUT2D eigenvalue weighted by Gasteiger charge is -2.04. The fourth-order valence-electron chi connectivity index (χ4n) is 1.60. The van der Waals surface area contributed by atoms with Crippen molar-refractivity contribution in [3.05, 3.63) is 24.7 Å². The van der Waals surface area contributed by atoms with Crippen molar-refractivity contribution >= 4 is 21.7 Å². The maximum absolute atomic E-state index is 11.8. The summed E-state index contributed by atoms with van der Waals surface area (Å²) in [5, 5.41) is 15.3. The third kappa shape index (κ3) is 3.42. The van der Waals surface area contributed by atoms with E-state index in [0.717, 1.165) is 0 Å². The van der Waals surface area contributed by atoms with Crippen LogP contribution in [0, 0.1) is 0 Å². The van der Waals surface area contributed by atoms with Crippen LogP contribution in [-0.2, 0) is 28.4 Å². The van der Waals surface area contributed by atoms with E-state index in [0.29, 0.717) is 6.54 Å². The summed E-state index contributed by atoms with van der Waals surface area (Å²) >= 11 is 0. The summed E-state index contributed by atoms with van der Waals surface area (Å²) in [6.45, 7) is 0.385. The zero-order valence-corrected chi connectivity index (χ0v) is 11.5. The highest BCUT2D eigenvalue weighted by Gasteiger charge is 2.19. The highest BCUT2D eigenvalue weighted by Crippen LogP contribution is 2.17. The molecule has 0 fully saturated rings. The van der Waals surface area contributed by atoms with Gasteiger partial charge in [0.15, 0.2) is 5.82 Å². The van der Waals surface area contributed by atoms with Crippen LogP contribution in [0.15, 0.2) is 29.6 Å². The van der Waals surface area contributed by atoms with Crippen molar-refractivity contribution in [3.63, 3.8) is 0 Å². The monoisotopic (exact) mass is 298 g/mol. The summed E-state index contributed by atoms with van der Waals surface area (Å²) in [6.07, 6.45) is 4.71. The van der Waals surface area contributed by atoms with Crippen molar-refractivity contribution < 1.29 is 13.2 Å². The quantitative estimate of drug-likeness (QED) is 0.754. The Kier molecular flexibility index (Phi) is 3.86. The van der Waals surface area contributed by atoms with Crippen molar-refractivity contribution in [1.29, 1.82) is 0 Å². The minimum absolute atomic E-state index is 0.0690. The smallest absolute Gasteiger partial charge is 0.243 e. The first kappa shape index (κ1) is 14.2. The summed E-state index contributed by atoms with van der Waals surface area (Å²) in [7, 11) is -2.40. The Morgan fingerprint density at radius 3 is 2.85 bits per heavy atom. The molecule has 0 spiro atoms. The van der Waals surface area contributed by atoms with E-state index >= 15 is 0 Å². The van der Waals surface area contributed by atoms with Gasteiger partial charge in [-0.15, -0.1) is 0 Å². The number of hydrogen-bond acceptors (Lipinski definition) is 5. The molecule has 2 aromatic heterocycles. The molecule has 2 rings (SSSR count). The lowest BCUT2D eigenvalue weighted by Crippen LogP contribution is -2.19. The Labute approximate surface area is 115 Å². The second-order valence-electron chi connectivity index (χ2n) is 4.13. The minimum Gasteiger partial charge on any atom is -0.308 e. The number of aromatic nitrogens is 4. The van der Waals surface area contributed by atoms with E-state index in [1.54, 1.807) is 23.1 Å². The van der Waals surface area contributed by atoms with Crippen LogP contribution in [0.3, 0.4) is 0 Å². The Morgan fingerprint density at radius 1 is 1.50 bits per heavy atom. The normalized spacial score (nSPS) is 11.5. The number of rotatable bonds is 5. The van der Waals surface area contributed by atoms with Gasteiger partial charge in [0.05, 0.1) is 0 Å². The molecule has 2 aromatic rings. The number of sulfonamides is 1. The van der Waals surface area contributed by atoms with Crippen molar-refractivity contribution in [3.8, 4) is 0 Å². The maximum atomic E-state index is 11.8. The molecule has 10 heteroatoms. The van der Waals surface area contributed by atoms with E-state index in [4.69, 9.17) is 5.14 Å². The average molecular weight is 298 g/mol. The molecule has 0 bridgehead atoms. The van der Waals surface area contributed by atoms with E-state index in [9.17, 15) is 13.2 Å². The van der Waals surface area contributed by atoms with E-state index in [1.807, 2.05) is 0 Å².